The summed E-state index contributed by atoms with van der Waals surface area (Å²) in [5.41, 5.74) is 0.571. The molecule has 0 radical (unpaired) electrons. The van der Waals surface area contributed by atoms with Gasteiger partial charge < -0.3 is 14.6 Å². The lowest BCUT2D eigenvalue weighted by atomic mass is 10.2. The summed E-state index contributed by atoms with van der Waals surface area (Å²) in [5, 5.41) is 8.70. The van der Waals surface area contributed by atoms with E-state index in [1.807, 2.05) is 6.92 Å². The Labute approximate surface area is 112 Å². The van der Waals surface area contributed by atoms with Crippen LogP contribution in [0.1, 0.15) is 25.3 Å². The van der Waals surface area contributed by atoms with Crippen LogP contribution in [0.15, 0.2) is 18.2 Å². The quantitative estimate of drug-likeness (QED) is 0.850. The van der Waals surface area contributed by atoms with Gasteiger partial charge in [-0.1, -0.05) is 11.8 Å². The van der Waals surface area contributed by atoms with Gasteiger partial charge in [-0.3, -0.25) is 0 Å². The number of halogens is 1. The summed E-state index contributed by atoms with van der Waals surface area (Å²) in [7, 11) is 0. The van der Waals surface area contributed by atoms with Crippen molar-refractivity contribution in [3.8, 4) is 17.6 Å². The molecule has 1 saturated heterocycles. The number of hydrogen-bond donors (Lipinski definition) is 1. The van der Waals surface area contributed by atoms with Crippen LogP contribution in [0.4, 0.5) is 4.39 Å². The standard InChI is InChI=1S/C15H17FO3/c1-11-4-7-14(19-11)10-18-15-9-13(16)6-5-12(15)3-2-8-17/h5-6,9,11,14,17H,4,7-8,10H2,1H3. The van der Waals surface area contributed by atoms with Crippen molar-refractivity contribution in [3.05, 3.63) is 29.6 Å². The minimum absolute atomic E-state index is 0.0527. The molecule has 4 heteroatoms. The summed E-state index contributed by atoms with van der Waals surface area (Å²) < 4.78 is 24.5. The van der Waals surface area contributed by atoms with E-state index < -0.39 is 0 Å². The predicted molar refractivity (Wildman–Crippen MR) is 69.4 cm³/mol. The zero-order valence-electron chi connectivity index (χ0n) is 10.9. The Bertz CT molecular complexity index is 490. The fourth-order valence-corrected chi connectivity index (χ4v) is 2.04. The van der Waals surface area contributed by atoms with Crippen molar-refractivity contribution in [2.75, 3.05) is 13.2 Å². The van der Waals surface area contributed by atoms with Gasteiger partial charge in [-0.2, -0.15) is 0 Å². The lowest BCUT2D eigenvalue weighted by Crippen LogP contribution is -2.18. The van der Waals surface area contributed by atoms with Gasteiger partial charge in [0.1, 0.15) is 24.8 Å². The summed E-state index contributed by atoms with van der Waals surface area (Å²) in [4.78, 5) is 0. The van der Waals surface area contributed by atoms with Crippen molar-refractivity contribution in [2.24, 2.45) is 0 Å². The third kappa shape index (κ3) is 3.95. The van der Waals surface area contributed by atoms with Crippen molar-refractivity contribution in [1.82, 2.24) is 0 Å². The lowest BCUT2D eigenvalue weighted by molar-refractivity contribution is 0.0263. The first kappa shape index (κ1) is 13.9. The highest BCUT2D eigenvalue weighted by atomic mass is 19.1. The summed E-state index contributed by atoms with van der Waals surface area (Å²) in [6, 6.07) is 4.17. The van der Waals surface area contributed by atoms with Gasteiger partial charge in [-0.25, -0.2) is 4.39 Å². The molecule has 2 unspecified atom stereocenters. The van der Waals surface area contributed by atoms with Crippen molar-refractivity contribution in [2.45, 2.75) is 32.0 Å². The van der Waals surface area contributed by atoms with E-state index in [2.05, 4.69) is 11.8 Å². The van der Waals surface area contributed by atoms with Crippen LogP contribution < -0.4 is 4.74 Å². The molecule has 3 nitrogen and oxygen atoms in total. The molecule has 1 fully saturated rings. The SMILES string of the molecule is CC1CCC(COc2cc(F)ccc2C#CCO)O1. The van der Waals surface area contributed by atoms with Crippen LogP contribution in [0.5, 0.6) is 5.75 Å². The van der Waals surface area contributed by atoms with Gasteiger partial charge in [0.15, 0.2) is 0 Å². The minimum atomic E-state index is -0.370. The first-order chi connectivity index (χ1) is 9.19. The summed E-state index contributed by atoms with van der Waals surface area (Å²) in [6.45, 7) is 2.18. The van der Waals surface area contributed by atoms with Crippen molar-refractivity contribution < 1.29 is 19.0 Å². The number of benzene rings is 1. The van der Waals surface area contributed by atoms with Gasteiger partial charge in [0.2, 0.25) is 0 Å². The summed E-state index contributed by atoms with van der Waals surface area (Å²) in [5.74, 6) is 5.30. The lowest BCUT2D eigenvalue weighted by Gasteiger charge is -2.13. The molecule has 2 atom stereocenters. The zero-order valence-corrected chi connectivity index (χ0v) is 10.9. The molecule has 1 aromatic carbocycles. The van der Waals surface area contributed by atoms with Crippen molar-refractivity contribution >= 4 is 0 Å². The molecule has 0 bridgehead atoms. The van der Waals surface area contributed by atoms with E-state index in [0.717, 1.165) is 12.8 Å². The van der Waals surface area contributed by atoms with Crippen molar-refractivity contribution in [1.29, 1.82) is 0 Å². The zero-order chi connectivity index (χ0) is 13.7. The Hall–Kier alpha value is -1.57. The van der Waals surface area contributed by atoms with Crippen LogP contribution in [0.3, 0.4) is 0 Å². The molecule has 102 valence electrons. The molecule has 1 aromatic rings. The molecule has 2 rings (SSSR count). The fourth-order valence-electron chi connectivity index (χ4n) is 2.04. The first-order valence-electron chi connectivity index (χ1n) is 6.36. The number of aliphatic hydroxyl groups excluding tert-OH is 1. The average molecular weight is 264 g/mol. The molecule has 0 aliphatic carbocycles. The van der Waals surface area contributed by atoms with Crippen LogP contribution in [0.2, 0.25) is 0 Å². The highest BCUT2D eigenvalue weighted by Gasteiger charge is 2.22. The van der Waals surface area contributed by atoms with E-state index >= 15 is 0 Å². The van der Waals surface area contributed by atoms with E-state index in [9.17, 15) is 4.39 Å². The molecule has 1 aliphatic heterocycles. The Kier molecular flexibility index (Phi) is 4.78. The highest BCUT2D eigenvalue weighted by Crippen LogP contribution is 2.23. The normalized spacial score (nSPS) is 21.8. The molecular formula is C15H17FO3. The monoisotopic (exact) mass is 264 g/mol. The molecule has 0 saturated carbocycles. The molecule has 1 heterocycles. The van der Waals surface area contributed by atoms with Crippen LogP contribution in [-0.2, 0) is 4.74 Å². The Balaban J connectivity index is 2.03. The maximum atomic E-state index is 13.2. The first-order valence-corrected chi connectivity index (χ1v) is 6.36. The second kappa shape index (κ2) is 6.55. The molecule has 0 amide bonds. The minimum Gasteiger partial charge on any atom is -0.489 e. The second-order valence-corrected chi connectivity index (χ2v) is 4.56. The van der Waals surface area contributed by atoms with Crippen LogP contribution >= 0.6 is 0 Å². The average Bonchev–Trinajstić information content (AvgIpc) is 2.81. The van der Waals surface area contributed by atoms with Gasteiger partial charge >= 0.3 is 0 Å². The van der Waals surface area contributed by atoms with Crippen LogP contribution in [0, 0.1) is 17.7 Å². The molecule has 0 aromatic heterocycles. The second-order valence-electron chi connectivity index (χ2n) is 4.56. The molecule has 0 spiro atoms. The van der Waals surface area contributed by atoms with Gasteiger partial charge in [-0.05, 0) is 31.9 Å². The Morgan fingerprint density at radius 3 is 3.00 bits per heavy atom. The Morgan fingerprint density at radius 2 is 2.32 bits per heavy atom. The van der Waals surface area contributed by atoms with Crippen LogP contribution in [-0.4, -0.2) is 30.5 Å². The molecule has 1 aliphatic rings. The molecular weight excluding hydrogens is 247 g/mol. The maximum Gasteiger partial charge on any atom is 0.137 e. The Morgan fingerprint density at radius 1 is 1.47 bits per heavy atom. The number of aliphatic hydroxyl groups is 1. The third-order valence-corrected chi connectivity index (χ3v) is 2.99. The van der Waals surface area contributed by atoms with E-state index in [1.165, 1.54) is 12.1 Å². The fraction of sp³-hybridized carbons (Fsp3) is 0.467. The predicted octanol–water partition coefficient (Wildman–Crippen LogP) is 2.12. The maximum absolute atomic E-state index is 13.2. The summed E-state index contributed by atoms with van der Waals surface area (Å²) in [6.07, 6.45) is 2.29. The van der Waals surface area contributed by atoms with E-state index in [4.69, 9.17) is 14.6 Å². The van der Waals surface area contributed by atoms with Gasteiger partial charge in [0.05, 0.1) is 17.8 Å². The number of rotatable bonds is 3. The van der Waals surface area contributed by atoms with E-state index in [1.54, 1.807) is 6.07 Å². The van der Waals surface area contributed by atoms with Gasteiger partial charge in [0, 0.05) is 6.07 Å². The topological polar surface area (TPSA) is 38.7 Å². The van der Waals surface area contributed by atoms with Crippen molar-refractivity contribution in [3.63, 3.8) is 0 Å². The largest absolute Gasteiger partial charge is 0.489 e. The van der Waals surface area contributed by atoms with E-state index in [0.29, 0.717) is 17.9 Å². The number of hydrogen-bond acceptors (Lipinski definition) is 3. The van der Waals surface area contributed by atoms with E-state index in [-0.39, 0.29) is 24.6 Å². The smallest absolute Gasteiger partial charge is 0.137 e. The van der Waals surface area contributed by atoms with Gasteiger partial charge in [0.25, 0.3) is 0 Å². The van der Waals surface area contributed by atoms with Gasteiger partial charge in [-0.15, -0.1) is 0 Å². The molecule has 19 heavy (non-hydrogen) atoms. The molecule has 1 N–H and O–H groups in total. The third-order valence-electron chi connectivity index (χ3n) is 2.99. The number of ether oxygens (including phenoxy) is 2. The van der Waals surface area contributed by atoms with Crippen LogP contribution in [0.25, 0.3) is 0 Å². The highest BCUT2D eigenvalue weighted by molar-refractivity contribution is 5.46. The summed E-state index contributed by atoms with van der Waals surface area (Å²) >= 11 is 0.